The van der Waals surface area contributed by atoms with Gasteiger partial charge in [-0.2, -0.15) is 0 Å². The van der Waals surface area contributed by atoms with Crippen molar-refractivity contribution in [2.75, 3.05) is 0 Å². The van der Waals surface area contributed by atoms with E-state index in [2.05, 4.69) is 0 Å². The van der Waals surface area contributed by atoms with Crippen LogP contribution in [0.25, 0.3) is 0 Å². The summed E-state index contributed by atoms with van der Waals surface area (Å²) in [5.74, 6) is 0.416. The van der Waals surface area contributed by atoms with Gasteiger partial charge < -0.3 is 14.4 Å². The molecule has 1 unspecified atom stereocenters. The zero-order valence-electron chi connectivity index (χ0n) is 14.2. The Morgan fingerprint density at radius 2 is 1.81 bits per heavy atom. The molecular formula is C17H31NO3. The Hall–Kier alpha value is -1.06. The van der Waals surface area contributed by atoms with Crippen molar-refractivity contribution in [2.45, 2.75) is 90.8 Å². The van der Waals surface area contributed by atoms with Gasteiger partial charge >= 0.3 is 6.09 Å². The molecule has 1 fully saturated rings. The molecule has 0 spiro atoms. The highest BCUT2D eigenvalue weighted by Crippen LogP contribution is 2.32. The maximum atomic E-state index is 12.5. The Kier molecular flexibility index (Phi) is 6.69. The Bertz CT molecular complexity index is 340. The summed E-state index contributed by atoms with van der Waals surface area (Å²) >= 11 is 0. The predicted octanol–water partition coefficient (Wildman–Crippen LogP) is 4.17. The van der Waals surface area contributed by atoms with Crippen LogP contribution in [-0.4, -0.2) is 35.0 Å². The number of hydrogen-bond acceptors (Lipinski definition) is 3. The molecule has 0 radical (unpaired) electrons. The van der Waals surface area contributed by atoms with E-state index in [1.54, 1.807) is 4.90 Å². The van der Waals surface area contributed by atoms with Crippen molar-refractivity contribution in [2.24, 2.45) is 5.92 Å². The van der Waals surface area contributed by atoms with Gasteiger partial charge in [0.1, 0.15) is 11.9 Å². The average molecular weight is 297 g/mol. The first-order valence-corrected chi connectivity index (χ1v) is 8.21. The quantitative estimate of drug-likeness (QED) is 0.715. The Balaban J connectivity index is 2.91. The van der Waals surface area contributed by atoms with Crippen molar-refractivity contribution in [1.29, 1.82) is 0 Å². The molecule has 1 amide bonds. The first-order valence-electron chi connectivity index (χ1n) is 8.21. The largest absolute Gasteiger partial charge is 0.444 e. The lowest BCUT2D eigenvalue weighted by molar-refractivity contribution is -0.109. The second kappa shape index (κ2) is 7.81. The second-order valence-electron chi connectivity index (χ2n) is 7.35. The van der Waals surface area contributed by atoms with E-state index in [4.69, 9.17) is 4.74 Å². The molecule has 1 saturated carbocycles. The van der Waals surface area contributed by atoms with Crippen molar-refractivity contribution < 1.29 is 14.3 Å². The van der Waals surface area contributed by atoms with Gasteiger partial charge in [-0.05, 0) is 53.4 Å². The third kappa shape index (κ3) is 5.68. The van der Waals surface area contributed by atoms with Crippen molar-refractivity contribution in [3.8, 4) is 0 Å². The molecule has 0 aromatic carbocycles. The molecule has 1 aliphatic carbocycles. The number of carbonyl (C=O) groups excluding carboxylic acids is 2. The average Bonchev–Trinajstić information content (AvgIpc) is 2.36. The number of amides is 1. The van der Waals surface area contributed by atoms with Crippen molar-refractivity contribution in [3.63, 3.8) is 0 Å². The standard InChI is InChI=1S/C17H31NO3/c1-13(2)18(16(20)21-17(3,4)5)15(11-12-19)14-9-7-6-8-10-14/h12-15H,6-11H2,1-5H3. The van der Waals surface area contributed by atoms with Crippen LogP contribution in [0, 0.1) is 5.92 Å². The first kappa shape index (κ1) is 18.0. The fraction of sp³-hybridized carbons (Fsp3) is 0.882. The normalized spacial score (nSPS) is 18.4. The van der Waals surface area contributed by atoms with Crippen LogP contribution in [0.1, 0.15) is 73.1 Å². The van der Waals surface area contributed by atoms with E-state index in [-0.39, 0.29) is 18.2 Å². The number of rotatable bonds is 5. The smallest absolute Gasteiger partial charge is 0.410 e. The van der Waals surface area contributed by atoms with Crippen LogP contribution in [0.4, 0.5) is 4.79 Å². The lowest BCUT2D eigenvalue weighted by Crippen LogP contribution is -2.50. The number of aldehydes is 1. The van der Waals surface area contributed by atoms with Crippen LogP contribution in [-0.2, 0) is 9.53 Å². The van der Waals surface area contributed by atoms with Crippen molar-refractivity contribution in [3.05, 3.63) is 0 Å². The van der Waals surface area contributed by atoms with Crippen LogP contribution >= 0.6 is 0 Å². The number of hydrogen-bond donors (Lipinski definition) is 0. The summed E-state index contributed by atoms with van der Waals surface area (Å²) in [6, 6.07) is 0.00405. The first-order chi connectivity index (χ1) is 9.76. The van der Waals surface area contributed by atoms with Crippen LogP contribution in [0.3, 0.4) is 0 Å². The second-order valence-corrected chi connectivity index (χ2v) is 7.35. The number of ether oxygens (including phenoxy) is 1. The highest BCUT2D eigenvalue weighted by Gasteiger charge is 2.35. The van der Waals surface area contributed by atoms with E-state index in [1.165, 1.54) is 19.3 Å². The minimum atomic E-state index is -0.511. The van der Waals surface area contributed by atoms with Crippen LogP contribution in [0.5, 0.6) is 0 Å². The minimum Gasteiger partial charge on any atom is -0.444 e. The fourth-order valence-electron chi connectivity index (χ4n) is 3.19. The lowest BCUT2D eigenvalue weighted by Gasteiger charge is -2.40. The van der Waals surface area contributed by atoms with Gasteiger partial charge in [-0.1, -0.05) is 19.3 Å². The SMILES string of the molecule is CC(C)N(C(=O)OC(C)(C)C)C(CC=O)C1CCCCC1. The molecule has 0 bridgehead atoms. The summed E-state index contributed by atoms with van der Waals surface area (Å²) in [6.07, 6.45) is 6.91. The number of nitrogens with zero attached hydrogens (tertiary/aromatic N) is 1. The van der Waals surface area contributed by atoms with Gasteiger partial charge in [0, 0.05) is 18.5 Å². The summed E-state index contributed by atoms with van der Waals surface area (Å²) in [5.41, 5.74) is -0.511. The minimum absolute atomic E-state index is 0.0300. The van der Waals surface area contributed by atoms with Gasteiger partial charge in [-0.25, -0.2) is 4.79 Å². The van der Waals surface area contributed by atoms with Crippen LogP contribution in [0.15, 0.2) is 0 Å². The van der Waals surface area contributed by atoms with Gasteiger partial charge in [0.05, 0.1) is 0 Å². The van der Waals surface area contributed by atoms with Gasteiger partial charge in [0.15, 0.2) is 0 Å². The highest BCUT2D eigenvalue weighted by molar-refractivity contribution is 5.69. The molecular weight excluding hydrogens is 266 g/mol. The van der Waals surface area contributed by atoms with E-state index in [9.17, 15) is 9.59 Å². The van der Waals surface area contributed by atoms with E-state index >= 15 is 0 Å². The van der Waals surface area contributed by atoms with Crippen LogP contribution < -0.4 is 0 Å². The summed E-state index contributed by atoms with van der Waals surface area (Å²) in [5, 5.41) is 0. The third-order valence-electron chi connectivity index (χ3n) is 4.05. The Morgan fingerprint density at radius 1 is 1.24 bits per heavy atom. The molecule has 0 aromatic rings. The zero-order chi connectivity index (χ0) is 16.0. The predicted molar refractivity (Wildman–Crippen MR) is 84.3 cm³/mol. The van der Waals surface area contributed by atoms with Gasteiger partial charge in [0.2, 0.25) is 0 Å². The summed E-state index contributed by atoms with van der Waals surface area (Å²) in [4.78, 5) is 25.4. The molecule has 1 atom stereocenters. The van der Waals surface area contributed by atoms with Gasteiger partial charge in [-0.3, -0.25) is 0 Å². The molecule has 0 aromatic heterocycles. The molecule has 1 aliphatic rings. The summed E-state index contributed by atoms with van der Waals surface area (Å²) in [6.45, 7) is 9.60. The van der Waals surface area contributed by atoms with Crippen molar-refractivity contribution in [1.82, 2.24) is 4.90 Å². The topological polar surface area (TPSA) is 46.6 Å². The third-order valence-corrected chi connectivity index (χ3v) is 4.05. The van der Waals surface area contributed by atoms with E-state index in [0.717, 1.165) is 19.1 Å². The Labute approximate surface area is 129 Å². The highest BCUT2D eigenvalue weighted by atomic mass is 16.6. The van der Waals surface area contributed by atoms with Crippen LogP contribution in [0.2, 0.25) is 0 Å². The molecule has 0 N–H and O–H groups in total. The van der Waals surface area contributed by atoms with E-state index in [0.29, 0.717) is 12.3 Å². The lowest BCUT2D eigenvalue weighted by atomic mass is 9.82. The monoisotopic (exact) mass is 297 g/mol. The fourth-order valence-corrected chi connectivity index (χ4v) is 3.19. The van der Waals surface area contributed by atoms with E-state index < -0.39 is 5.60 Å². The molecule has 21 heavy (non-hydrogen) atoms. The summed E-state index contributed by atoms with van der Waals surface area (Å²) < 4.78 is 5.55. The molecule has 0 saturated heterocycles. The van der Waals surface area contributed by atoms with Crippen molar-refractivity contribution >= 4 is 12.4 Å². The van der Waals surface area contributed by atoms with Gasteiger partial charge in [0.25, 0.3) is 0 Å². The molecule has 0 aliphatic heterocycles. The number of carbonyl (C=O) groups is 2. The van der Waals surface area contributed by atoms with E-state index in [1.807, 2.05) is 34.6 Å². The molecule has 1 rings (SSSR count). The maximum Gasteiger partial charge on any atom is 0.410 e. The molecule has 4 nitrogen and oxygen atoms in total. The Morgan fingerprint density at radius 3 is 2.24 bits per heavy atom. The molecule has 4 heteroatoms. The molecule has 122 valence electrons. The van der Waals surface area contributed by atoms with Gasteiger partial charge in [-0.15, -0.1) is 0 Å². The zero-order valence-corrected chi connectivity index (χ0v) is 14.2. The maximum absolute atomic E-state index is 12.5. The summed E-state index contributed by atoms with van der Waals surface area (Å²) in [7, 11) is 0. The molecule has 0 heterocycles.